The molecule has 0 bridgehead atoms. The van der Waals surface area contributed by atoms with E-state index in [1.165, 1.54) is 31.4 Å². The van der Waals surface area contributed by atoms with E-state index in [0.29, 0.717) is 22.1 Å². The number of hydrogen-bond donors (Lipinski definition) is 3. The standard InChI is InChI=1S/C25H19Cl2N3O6S/c1-13-9-19(27)23(21(10-13)37(33,34)35)30-29-22-16-6-4-3-5-14(16)11-17(24(22)31)25(32)28-20-8-7-15(36-2)12-18(20)26/h3-12,31H,1-2H3,(H,28,32)(H,33,34,35). The smallest absolute Gasteiger partial charge is 0.296 e. The fourth-order valence-electron chi connectivity index (χ4n) is 3.60. The number of methoxy groups -OCH3 is 1. The largest absolute Gasteiger partial charge is 0.505 e. The predicted octanol–water partition coefficient (Wildman–Crippen LogP) is 7.08. The lowest BCUT2D eigenvalue weighted by molar-refractivity contribution is 0.102. The number of halogens is 2. The minimum absolute atomic E-state index is 0.0804. The van der Waals surface area contributed by atoms with Crippen LogP contribution in [0.4, 0.5) is 17.1 Å². The summed E-state index contributed by atoms with van der Waals surface area (Å²) in [7, 11) is -3.21. The number of nitrogens with one attached hydrogen (secondary N) is 1. The molecule has 1 amide bonds. The predicted molar refractivity (Wildman–Crippen MR) is 142 cm³/mol. The second-order valence-corrected chi connectivity index (χ2v) is 10.1. The zero-order valence-electron chi connectivity index (χ0n) is 19.4. The van der Waals surface area contributed by atoms with Gasteiger partial charge in [-0.3, -0.25) is 9.35 Å². The summed E-state index contributed by atoms with van der Waals surface area (Å²) in [5.74, 6) is -0.696. The van der Waals surface area contributed by atoms with Crippen molar-refractivity contribution in [2.75, 3.05) is 12.4 Å². The Morgan fingerprint density at radius 3 is 2.35 bits per heavy atom. The molecule has 0 saturated carbocycles. The zero-order valence-corrected chi connectivity index (χ0v) is 21.7. The third-order valence-electron chi connectivity index (χ3n) is 5.36. The second-order valence-electron chi connectivity index (χ2n) is 7.91. The van der Waals surface area contributed by atoms with E-state index in [1.807, 2.05) is 0 Å². The van der Waals surface area contributed by atoms with Gasteiger partial charge in [0.15, 0.2) is 5.75 Å². The first-order valence-electron chi connectivity index (χ1n) is 10.6. The van der Waals surface area contributed by atoms with Gasteiger partial charge in [-0.15, -0.1) is 10.2 Å². The Morgan fingerprint density at radius 1 is 0.973 bits per heavy atom. The molecule has 4 aromatic rings. The molecular formula is C25H19Cl2N3O6S. The minimum Gasteiger partial charge on any atom is -0.505 e. The highest BCUT2D eigenvalue weighted by molar-refractivity contribution is 7.86. The molecule has 0 aliphatic carbocycles. The number of aromatic hydroxyl groups is 1. The summed E-state index contributed by atoms with van der Waals surface area (Å²) in [5.41, 5.74) is 0.192. The minimum atomic E-state index is -4.69. The third kappa shape index (κ3) is 5.52. The Kier molecular flexibility index (Phi) is 7.37. The Morgan fingerprint density at radius 2 is 1.68 bits per heavy atom. The van der Waals surface area contributed by atoms with Gasteiger partial charge >= 0.3 is 0 Å². The van der Waals surface area contributed by atoms with Crippen LogP contribution in [0.3, 0.4) is 0 Å². The maximum absolute atomic E-state index is 13.1. The summed E-state index contributed by atoms with van der Waals surface area (Å²) >= 11 is 12.4. The summed E-state index contributed by atoms with van der Waals surface area (Å²) in [4.78, 5) is 12.6. The number of ether oxygens (including phenoxy) is 1. The van der Waals surface area contributed by atoms with Gasteiger partial charge in [0, 0.05) is 11.5 Å². The molecule has 0 saturated heterocycles. The number of amides is 1. The third-order valence-corrected chi connectivity index (χ3v) is 6.83. The first-order chi connectivity index (χ1) is 17.5. The van der Waals surface area contributed by atoms with Crippen LogP contribution in [0.15, 0.2) is 75.8 Å². The van der Waals surface area contributed by atoms with Crippen molar-refractivity contribution in [2.24, 2.45) is 10.2 Å². The summed E-state index contributed by atoms with van der Waals surface area (Å²) in [6.07, 6.45) is 0. The van der Waals surface area contributed by atoms with Crippen LogP contribution < -0.4 is 10.1 Å². The van der Waals surface area contributed by atoms with E-state index in [0.717, 1.165) is 0 Å². The second kappa shape index (κ2) is 10.3. The highest BCUT2D eigenvalue weighted by Crippen LogP contribution is 2.42. The number of benzene rings is 4. The summed E-state index contributed by atoms with van der Waals surface area (Å²) < 4.78 is 38.6. The first kappa shape index (κ1) is 26.4. The normalized spacial score (nSPS) is 11.7. The Hall–Kier alpha value is -3.70. The van der Waals surface area contributed by atoms with Crippen molar-refractivity contribution in [3.05, 3.63) is 81.8 Å². The van der Waals surface area contributed by atoms with Crippen molar-refractivity contribution >= 4 is 67.1 Å². The van der Waals surface area contributed by atoms with Gasteiger partial charge in [0.2, 0.25) is 0 Å². The maximum Gasteiger partial charge on any atom is 0.296 e. The molecule has 12 heteroatoms. The van der Waals surface area contributed by atoms with Gasteiger partial charge in [-0.1, -0.05) is 47.5 Å². The maximum atomic E-state index is 13.1. The molecule has 4 aromatic carbocycles. The van der Waals surface area contributed by atoms with Crippen LogP contribution in [0, 0.1) is 6.92 Å². The number of fused-ring (bicyclic) bond motifs is 1. The lowest BCUT2D eigenvalue weighted by Crippen LogP contribution is -2.12. The van der Waals surface area contributed by atoms with E-state index in [4.69, 9.17) is 27.9 Å². The van der Waals surface area contributed by atoms with Crippen molar-refractivity contribution < 1.29 is 27.6 Å². The molecular weight excluding hydrogens is 541 g/mol. The number of anilines is 1. The van der Waals surface area contributed by atoms with Gasteiger partial charge < -0.3 is 15.2 Å². The van der Waals surface area contributed by atoms with Gasteiger partial charge in [0.25, 0.3) is 16.0 Å². The van der Waals surface area contributed by atoms with Gasteiger partial charge in [-0.2, -0.15) is 8.42 Å². The van der Waals surface area contributed by atoms with Crippen LogP contribution in [-0.2, 0) is 10.1 Å². The molecule has 0 unspecified atom stereocenters. The van der Waals surface area contributed by atoms with Crippen molar-refractivity contribution in [1.82, 2.24) is 0 Å². The van der Waals surface area contributed by atoms with Crippen LogP contribution in [0.5, 0.6) is 11.5 Å². The number of phenolic OH excluding ortho intramolecular Hbond substituents is 1. The average Bonchev–Trinajstić information content (AvgIpc) is 2.84. The molecule has 4 rings (SSSR count). The zero-order chi connectivity index (χ0) is 26.9. The van der Waals surface area contributed by atoms with E-state index in [2.05, 4.69) is 15.5 Å². The summed E-state index contributed by atoms with van der Waals surface area (Å²) in [6, 6.07) is 15.6. The number of phenols is 1. The Balaban J connectivity index is 1.83. The van der Waals surface area contributed by atoms with Gasteiger partial charge in [-0.25, -0.2) is 0 Å². The molecule has 0 aliphatic heterocycles. The number of nitrogens with zero attached hydrogens (tertiary/aromatic N) is 2. The molecule has 0 spiro atoms. The van der Waals surface area contributed by atoms with Crippen LogP contribution in [-0.4, -0.2) is 31.1 Å². The van der Waals surface area contributed by atoms with Gasteiger partial charge in [-0.05, 0) is 48.2 Å². The number of rotatable bonds is 6. The van der Waals surface area contributed by atoms with E-state index < -0.39 is 26.7 Å². The summed E-state index contributed by atoms with van der Waals surface area (Å²) in [6.45, 7) is 1.60. The van der Waals surface area contributed by atoms with Crippen molar-refractivity contribution in [3.63, 3.8) is 0 Å². The Bertz CT molecular complexity index is 1690. The average molecular weight is 560 g/mol. The fraction of sp³-hybridized carbons (Fsp3) is 0.0800. The molecule has 0 radical (unpaired) electrons. The van der Waals surface area contributed by atoms with E-state index in [1.54, 1.807) is 43.3 Å². The molecule has 0 atom stereocenters. The van der Waals surface area contributed by atoms with Crippen molar-refractivity contribution in [3.8, 4) is 11.5 Å². The fourth-order valence-corrected chi connectivity index (χ4v) is 4.92. The molecule has 37 heavy (non-hydrogen) atoms. The number of aryl methyl sites for hydroxylation is 1. The van der Waals surface area contributed by atoms with E-state index in [-0.39, 0.29) is 32.7 Å². The molecule has 0 fully saturated rings. The monoisotopic (exact) mass is 559 g/mol. The number of azo groups is 1. The van der Waals surface area contributed by atoms with E-state index in [9.17, 15) is 22.9 Å². The van der Waals surface area contributed by atoms with Crippen LogP contribution in [0.25, 0.3) is 10.8 Å². The van der Waals surface area contributed by atoms with Crippen LogP contribution >= 0.6 is 23.2 Å². The molecule has 0 aliphatic rings. The van der Waals surface area contributed by atoms with Gasteiger partial charge in [0.1, 0.15) is 22.0 Å². The first-order valence-corrected chi connectivity index (χ1v) is 12.8. The Labute approximate surface area is 222 Å². The van der Waals surface area contributed by atoms with Crippen molar-refractivity contribution in [1.29, 1.82) is 0 Å². The highest BCUT2D eigenvalue weighted by Gasteiger charge is 2.22. The molecule has 9 nitrogen and oxygen atoms in total. The van der Waals surface area contributed by atoms with Crippen LogP contribution in [0.2, 0.25) is 10.0 Å². The van der Waals surface area contributed by atoms with E-state index >= 15 is 0 Å². The SMILES string of the molecule is COc1ccc(NC(=O)c2cc3ccccc3c(N=Nc3c(Cl)cc(C)cc3S(=O)(=O)O)c2O)c(Cl)c1. The van der Waals surface area contributed by atoms with Gasteiger partial charge in [0.05, 0.1) is 28.4 Å². The molecule has 190 valence electrons. The number of hydrogen-bond acceptors (Lipinski definition) is 7. The quantitative estimate of drug-likeness (QED) is 0.170. The number of carbonyl (C=O) groups is 1. The van der Waals surface area contributed by atoms with Crippen molar-refractivity contribution in [2.45, 2.75) is 11.8 Å². The molecule has 0 heterocycles. The van der Waals surface area contributed by atoms with Crippen LogP contribution in [0.1, 0.15) is 15.9 Å². The number of carbonyl (C=O) groups excluding carboxylic acids is 1. The highest BCUT2D eigenvalue weighted by atomic mass is 35.5. The topological polar surface area (TPSA) is 138 Å². The molecule has 0 aromatic heterocycles. The summed E-state index contributed by atoms with van der Waals surface area (Å²) in [5, 5.41) is 22.8. The lowest BCUT2D eigenvalue weighted by Gasteiger charge is -2.12. The molecule has 3 N–H and O–H groups in total. The lowest BCUT2D eigenvalue weighted by atomic mass is 10.0.